The molecule has 2 saturated carbocycles. The van der Waals surface area contributed by atoms with E-state index in [1.54, 1.807) is 0 Å². The molecular formula is C16H28O3. The highest BCUT2D eigenvalue weighted by atomic mass is 16.5. The first-order valence-corrected chi connectivity index (χ1v) is 7.72. The number of hydrogen-bond acceptors (Lipinski definition) is 3. The monoisotopic (exact) mass is 268 g/mol. The molecule has 3 heteroatoms. The summed E-state index contributed by atoms with van der Waals surface area (Å²) >= 11 is 0. The number of fused-ring (bicyclic) bond motifs is 3. The van der Waals surface area contributed by atoms with Crippen LogP contribution < -0.4 is 0 Å². The summed E-state index contributed by atoms with van der Waals surface area (Å²) in [6.45, 7) is 9.41. The van der Waals surface area contributed by atoms with Crippen LogP contribution in [0.25, 0.3) is 0 Å². The summed E-state index contributed by atoms with van der Waals surface area (Å²) in [5.74, 6) is 0.534. The lowest BCUT2D eigenvalue weighted by Gasteiger charge is -2.62. The SMILES string of the molecule is CC1(C)CC[C@H](O)[C@@]2(C)[C@H]1CC[C@@]1(C)OC[C@@H](O)[C@@H]21. The molecule has 3 rings (SSSR count). The topological polar surface area (TPSA) is 49.7 Å². The third-order valence-corrected chi connectivity index (χ3v) is 6.70. The molecule has 3 nitrogen and oxygen atoms in total. The Morgan fingerprint density at radius 2 is 1.68 bits per heavy atom. The fourth-order valence-corrected chi connectivity index (χ4v) is 5.79. The van der Waals surface area contributed by atoms with Gasteiger partial charge in [0, 0.05) is 11.3 Å². The second-order valence-electron chi connectivity index (χ2n) is 8.17. The third-order valence-electron chi connectivity index (χ3n) is 6.70. The molecule has 0 radical (unpaired) electrons. The summed E-state index contributed by atoms with van der Waals surface area (Å²) in [5.41, 5.74) is -0.221. The van der Waals surface area contributed by atoms with E-state index >= 15 is 0 Å². The summed E-state index contributed by atoms with van der Waals surface area (Å²) < 4.78 is 5.93. The maximum Gasteiger partial charge on any atom is 0.0835 e. The maximum absolute atomic E-state index is 10.7. The highest BCUT2D eigenvalue weighted by Gasteiger charge is 2.66. The van der Waals surface area contributed by atoms with Crippen LogP contribution in [0.4, 0.5) is 0 Å². The molecule has 110 valence electrons. The Labute approximate surface area is 116 Å². The van der Waals surface area contributed by atoms with Gasteiger partial charge in [-0.2, -0.15) is 0 Å². The minimum atomic E-state index is -0.429. The summed E-state index contributed by atoms with van der Waals surface area (Å²) in [7, 11) is 0. The number of aliphatic hydroxyl groups is 2. The molecular weight excluding hydrogens is 240 g/mol. The van der Waals surface area contributed by atoms with Crippen molar-refractivity contribution in [2.45, 2.75) is 71.2 Å². The molecule has 0 unspecified atom stereocenters. The smallest absolute Gasteiger partial charge is 0.0835 e. The van der Waals surface area contributed by atoms with Crippen molar-refractivity contribution in [3.8, 4) is 0 Å². The van der Waals surface area contributed by atoms with Gasteiger partial charge in [-0.3, -0.25) is 0 Å². The Morgan fingerprint density at radius 3 is 2.37 bits per heavy atom. The van der Waals surface area contributed by atoms with Gasteiger partial charge in [-0.15, -0.1) is 0 Å². The molecule has 3 aliphatic rings. The van der Waals surface area contributed by atoms with Crippen LogP contribution >= 0.6 is 0 Å². The van der Waals surface area contributed by atoms with E-state index in [2.05, 4.69) is 27.7 Å². The first-order chi connectivity index (χ1) is 8.72. The van der Waals surface area contributed by atoms with Gasteiger partial charge in [0.2, 0.25) is 0 Å². The molecule has 1 aliphatic heterocycles. The number of aliphatic hydroxyl groups excluding tert-OH is 2. The molecule has 0 spiro atoms. The highest BCUT2D eigenvalue weighted by Crippen LogP contribution is 2.64. The molecule has 0 amide bonds. The van der Waals surface area contributed by atoms with Crippen molar-refractivity contribution in [1.82, 2.24) is 0 Å². The molecule has 2 aliphatic carbocycles. The van der Waals surface area contributed by atoms with Gasteiger partial charge in [0.1, 0.15) is 0 Å². The fourth-order valence-electron chi connectivity index (χ4n) is 5.79. The molecule has 0 aromatic heterocycles. The summed E-state index contributed by atoms with van der Waals surface area (Å²) in [6, 6.07) is 0. The summed E-state index contributed by atoms with van der Waals surface area (Å²) in [6.07, 6.45) is 3.28. The zero-order valence-electron chi connectivity index (χ0n) is 12.6. The number of ether oxygens (including phenoxy) is 1. The van der Waals surface area contributed by atoms with Crippen LogP contribution in [0.15, 0.2) is 0 Å². The Kier molecular flexibility index (Phi) is 2.88. The molecule has 1 saturated heterocycles. The van der Waals surface area contributed by atoms with E-state index < -0.39 is 6.10 Å². The van der Waals surface area contributed by atoms with Crippen LogP contribution in [0, 0.1) is 22.7 Å². The van der Waals surface area contributed by atoms with Gasteiger partial charge in [0.25, 0.3) is 0 Å². The van der Waals surface area contributed by atoms with Crippen molar-refractivity contribution in [1.29, 1.82) is 0 Å². The third kappa shape index (κ3) is 1.68. The van der Waals surface area contributed by atoms with Crippen molar-refractivity contribution >= 4 is 0 Å². The Bertz CT molecular complexity index is 380. The van der Waals surface area contributed by atoms with E-state index in [0.717, 1.165) is 25.7 Å². The van der Waals surface area contributed by atoms with Crippen molar-refractivity contribution in [3.05, 3.63) is 0 Å². The molecule has 6 atom stereocenters. The van der Waals surface area contributed by atoms with Crippen LogP contribution in [0.2, 0.25) is 0 Å². The van der Waals surface area contributed by atoms with E-state index in [1.165, 1.54) is 0 Å². The summed E-state index contributed by atoms with van der Waals surface area (Å²) in [4.78, 5) is 0. The van der Waals surface area contributed by atoms with E-state index in [4.69, 9.17) is 4.74 Å². The number of rotatable bonds is 0. The molecule has 3 fully saturated rings. The average molecular weight is 268 g/mol. The molecule has 0 bridgehead atoms. The van der Waals surface area contributed by atoms with E-state index in [9.17, 15) is 10.2 Å². The normalized spacial score (nSPS) is 56.5. The molecule has 1 heterocycles. The molecule has 19 heavy (non-hydrogen) atoms. The first kappa shape index (κ1) is 13.8. The predicted octanol–water partition coefficient (Wildman–Crippen LogP) is 2.35. The van der Waals surface area contributed by atoms with Gasteiger partial charge in [-0.05, 0) is 43.9 Å². The zero-order chi connectivity index (χ0) is 14.1. The van der Waals surface area contributed by atoms with Gasteiger partial charge in [-0.25, -0.2) is 0 Å². The number of hydrogen-bond donors (Lipinski definition) is 2. The van der Waals surface area contributed by atoms with Gasteiger partial charge in [-0.1, -0.05) is 20.8 Å². The van der Waals surface area contributed by atoms with Crippen LogP contribution in [0.3, 0.4) is 0 Å². The molecule has 2 N–H and O–H groups in total. The quantitative estimate of drug-likeness (QED) is 0.709. The van der Waals surface area contributed by atoms with Crippen LogP contribution in [0.5, 0.6) is 0 Å². The van der Waals surface area contributed by atoms with Crippen molar-refractivity contribution in [2.24, 2.45) is 22.7 Å². The van der Waals surface area contributed by atoms with E-state index in [1.807, 2.05) is 0 Å². The van der Waals surface area contributed by atoms with E-state index in [0.29, 0.717) is 12.5 Å². The Morgan fingerprint density at radius 1 is 1.00 bits per heavy atom. The van der Waals surface area contributed by atoms with Crippen molar-refractivity contribution < 1.29 is 14.9 Å². The Balaban J connectivity index is 2.06. The predicted molar refractivity (Wildman–Crippen MR) is 73.7 cm³/mol. The lowest BCUT2D eigenvalue weighted by Crippen LogP contribution is -2.63. The zero-order valence-corrected chi connectivity index (χ0v) is 12.6. The molecule has 0 aromatic carbocycles. The van der Waals surface area contributed by atoms with Crippen molar-refractivity contribution in [2.75, 3.05) is 6.61 Å². The highest BCUT2D eigenvalue weighted by molar-refractivity contribution is 5.14. The summed E-state index contributed by atoms with van der Waals surface area (Å²) in [5, 5.41) is 21.2. The average Bonchev–Trinajstić information content (AvgIpc) is 2.62. The lowest BCUT2D eigenvalue weighted by molar-refractivity contribution is -0.205. The van der Waals surface area contributed by atoms with Gasteiger partial charge >= 0.3 is 0 Å². The van der Waals surface area contributed by atoms with Crippen LogP contribution in [-0.4, -0.2) is 34.6 Å². The van der Waals surface area contributed by atoms with Crippen molar-refractivity contribution in [3.63, 3.8) is 0 Å². The van der Waals surface area contributed by atoms with Gasteiger partial charge in [0.15, 0.2) is 0 Å². The van der Waals surface area contributed by atoms with E-state index in [-0.39, 0.29) is 28.5 Å². The standard InChI is InChI=1S/C16H28O3/c1-14(2)7-6-12(18)16(4)11(14)5-8-15(3)13(16)10(17)9-19-15/h10-13,17-18H,5-9H2,1-4H3/t10-,11+,12+,13-,15-,16-/m1/s1. The minimum absolute atomic E-state index is 0.0633. The maximum atomic E-state index is 10.7. The lowest BCUT2D eigenvalue weighted by atomic mass is 9.44. The minimum Gasteiger partial charge on any atom is -0.393 e. The second-order valence-corrected chi connectivity index (χ2v) is 8.17. The van der Waals surface area contributed by atoms with Gasteiger partial charge < -0.3 is 14.9 Å². The second kappa shape index (κ2) is 3.96. The van der Waals surface area contributed by atoms with Gasteiger partial charge in [0.05, 0.1) is 24.4 Å². The first-order valence-electron chi connectivity index (χ1n) is 7.72. The van der Waals surface area contributed by atoms with Crippen LogP contribution in [-0.2, 0) is 4.74 Å². The fraction of sp³-hybridized carbons (Fsp3) is 1.00. The largest absolute Gasteiger partial charge is 0.393 e. The molecule has 0 aromatic rings. The Hall–Kier alpha value is -0.120. The van der Waals surface area contributed by atoms with Crippen LogP contribution in [0.1, 0.15) is 53.4 Å².